The second-order valence-corrected chi connectivity index (χ2v) is 5.26. The SMILES string of the molecule is COC(CN)C(=O)N1CCN(C2CCCC2)CC1.Cl.Cl. The minimum atomic E-state index is -0.469. The van der Waals surface area contributed by atoms with Crippen molar-refractivity contribution < 1.29 is 9.53 Å². The molecule has 0 aromatic rings. The Hall–Kier alpha value is -0.0700. The van der Waals surface area contributed by atoms with E-state index in [0.29, 0.717) is 0 Å². The number of nitrogens with zero attached hydrogens (tertiary/aromatic N) is 2. The largest absolute Gasteiger partial charge is 0.370 e. The Labute approximate surface area is 134 Å². The van der Waals surface area contributed by atoms with E-state index in [4.69, 9.17) is 10.5 Å². The molecule has 120 valence electrons. The first-order valence-corrected chi connectivity index (χ1v) is 7.02. The summed E-state index contributed by atoms with van der Waals surface area (Å²) in [6.07, 6.45) is 4.92. The highest BCUT2D eigenvalue weighted by atomic mass is 35.5. The predicted molar refractivity (Wildman–Crippen MR) is 84.8 cm³/mol. The number of halogens is 2. The number of hydrogen-bond donors (Lipinski definition) is 1. The van der Waals surface area contributed by atoms with Crippen molar-refractivity contribution in [2.45, 2.75) is 37.8 Å². The van der Waals surface area contributed by atoms with Crippen LogP contribution in [-0.4, -0.2) is 67.7 Å². The Bertz CT molecular complexity index is 277. The van der Waals surface area contributed by atoms with Gasteiger partial charge in [-0.3, -0.25) is 9.69 Å². The lowest BCUT2D eigenvalue weighted by atomic mass is 10.1. The molecule has 1 unspecified atom stereocenters. The monoisotopic (exact) mass is 327 g/mol. The molecule has 1 atom stereocenters. The molecule has 0 radical (unpaired) electrons. The second kappa shape index (κ2) is 9.79. The summed E-state index contributed by atoms with van der Waals surface area (Å²) in [5.74, 6) is 0.0473. The molecule has 5 nitrogen and oxygen atoms in total. The van der Waals surface area contributed by atoms with E-state index in [2.05, 4.69) is 4.90 Å². The molecular weight excluding hydrogens is 301 g/mol. The lowest BCUT2D eigenvalue weighted by molar-refractivity contribution is -0.143. The van der Waals surface area contributed by atoms with Crippen molar-refractivity contribution >= 4 is 30.7 Å². The summed E-state index contributed by atoms with van der Waals surface area (Å²) in [7, 11) is 1.55. The van der Waals surface area contributed by atoms with E-state index < -0.39 is 6.10 Å². The van der Waals surface area contributed by atoms with Crippen LogP contribution in [0.2, 0.25) is 0 Å². The number of hydrogen-bond acceptors (Lipinski definition) is 4. The van der Waals surface area contributed by atoms with Crippen molar-refractivity contribution in [1.29, 1.82) is 0 Å². The number of amides is 1. The molecule has 1 heterocycles. The van der Waals surface area contributed by atoms with Crippen LogP contribution in [0.1, 0.15) is 25.7 Å². The first kappa shape index (κ1) is 19.9. The predicted octanol–water partition coefficient (Wildman–Crippen LogP) is 0.890. The minimum absolute atomic E-state index is 0. The van der Waals surface area contributed by atoms with Gasteiger partial charge in [0.2, 0.25) is 0 Å². The van der Waals surface area contributed by atoms with Crippen LogP contribution in [-0.2, 0) is 9.53 Å². The van der Waals surface area contributed by atoms with Gasteiger partial charge in [0, 0.05) is 45.9 Å². The van der Waals surface area contributed by atoms with Gasteiger partial charge in [0.1, 0.15) is 6.10 Å². The van der Waals surface area contributed by atoms with Crippen molar-refractivity contribution in [1.82, 2.24) is 9.80 Å². The molecule has 0 spiro atoms. The number of nitrogens with two attached hydrogens (primary N) is 1. The van der Waals surface area contributed by atoms with Crippen molar-refractivity contribution in [2.24, 2.45) is 5.73 Å². The van der Waals surface area contributed by atoms with Crippen LogP contribution in [0.15, 0.2) is 0 Å². The van der Waals surface area contributed by atoms with Crippen LogP contribution in [0.25, 0.3) is 0 Å². The van der Waals surface area contributed by atoms with E-state index in [1.165, 1.54) is 25.7 Å². The first-order valence-electron chi connectivity index (χ1n) is 7.02. The Morgan fingerprint density at radius 1 is 1.20 bits per heavy atom. The molecular formula is C13H27Cl2N3O2. The smallest absolute Gasteiger partial charge is 0.253 e. The number of piperazine rings is 1. The quantitative estimate of drug-likeness (QED) is 0.833. The standard InChI is InChI=1S/C13H25N3O2.2ClH/c1-18-12(10-14)13(17)16-8-6-15(7-9-16)11-4-2-3-5-11;;/h11-12H,2-10,14H2,1H3;2*1H. The summed E-state index contributed by atoms with van der Waals surface area (Å²) in [5, 5.41) is 0. The molecule has 2 aliphatic rings. The van der Waals surface area contributed by atoms with Crippen molar-refractivity contribution in [2.75, 3.05) is 39.8 Å². The minimum Gasteiger partial charge on any atom is -0.370 e. The van der Waals surface area contributed by atoms with Gasteiger partial charge in [-0.1, -0.05) is 12.8 Å². The molecule has 2 N–H and O–H groups in total. The zero-order valence-electron chi connectivity index (χ0n) is 12.1. The van der Waals surface area contributed by atoms with Gasteiger partial charge in [0.25, 0.3) is 5.91 Å². The van der Waals surface area contributed by atoms with E-state index in [9.17, 15) is 4.79 Å². The average molecular weight is 328 g/mol. The van der Waals surface area contributed by atoms with Crippen LogP contribution in [0.5, 0.6) is 0 Å². The van der Waals surface area contributed by atoms with E-state index in [1.807, 2.05) is 4.90 Å². The van der Waals surface area contributed by atoms with Crippen LogP contribution >= 0.6 is 24.8 Å². The summed E-state index contributed by atoms with van der Waals surface area (Å²) in [6, 6.07) is 0.759. The molecule has 0 aromatic carbocycles. The first-order chi connectivity index (χ1) is 8.76. The van der Waals surface area contributed by atoms with E-state index in [0.717, 1.165) is 32.2 Å². The average Bonchev–Trinajstić information content (AvgIpc) is 2.94. The number of methoxy groups -OCH3 is 1. The Morgan fingerprint density at radius 2 is 1.75 bits per heavy atom. The van der Waals surface area contributed by atoms with Crippen LogP contribution in [0.3, 0.4) is 0 Å². The maximum absolute atomic E-state index is 12.1. The van der Waals surface area contributed by atoms with Crippen LogP contribution < -0.4 is 5.73 Å². The fraction of sp³-hybridized carbons (Fsp3) is 0.923. The molecule has 1 aliphatic heterocycles. The zero-order chi connectivity index (χ0) is 13.0. The van der Waals surface area contributed by atoms with Crippen LogP contribution in [0, 0.1) is 0 Å². The van der Waals surface area contributed by atoms with Gasteiger partial charge in [-0.05, 0) is 12.8 Å². The maximum atomic E-state index is 12.1. The van der Waals surface area contributed by atoms with E-state index >= 15 is 0 Å². The number of ether oxygens (including phenoxy) is 1. The molecule has 7 heteroatoms. The lowest BCUT2D eigenvalue weighted by Gasteiger charge is -2.38. The summed E-state index contributed by atoms with van der Waals surface area (Å²) in [4.78, 5) is 16.5. The fourth-order valence-electron chi connectivity index (χ4n) is 3.08. The molecule has 1 amide bonds. The summed E-state index contributed by atoms with van der Waals surface area (Å²) in [6.45, 7) is 3.89. The van der Waals surface area contributed by atoms with Gasteiger partial charge < -0.3 is 15.4 Å². The lowest BCUT2D eigenvalue weighted by Crippen LogP contribution is -2.54. The molecule has 2 fully saturated rings. The highest BCUT2D eigenvalue weighted by molar-refractivity contribution is 5.85. The summed E-state index contributed by atoms with van der Waals surface area (Å²) >= 11 is 0. The fourth-order valence-corrected chi connectivity index (χ4v) is 3.08. The summed E-state index contributed by atoms with van der Waals surface area (Å²) < 4.78 is 5.11. The van der Waals surface area contributed by atoms with Crippen molar-refractivity contribution in [3.63, 3.8) is 0 Å². The Balaban J connectivity index is 0.00000180. The number of rotatable bonds is 4. The zero-order valence-corrected chi connectivity index (χ0v) is 13.8. The highest BCUT2D eigenvalue weighted by Crippen LogP contribution is 2.24. The topological polar surface area (TPSA) is 58.8 Å². The van der Waals surface area contributed by atoms with Gasteiger partial charge in [-0.25, -0.2) is 0 Å². The third-order valence-electron chi connectivity index (χ3n) is 4.24. The molecule has 0 aromatic heterocycles. The maximum Gasteiger partial charge on any atom is 0.253 e. The van der Waals surface area contributed by atoms with Crippen LogP contribution in [0.4, 0.5) is 0 Å². The molecule has 1 saturated carbocycles. The number of carbonyl (C=O) groups excluding carboxylic acids is 1. The molecule has 1 aliphatic carbocycles. The van der Waals surface area contributed by atoms with Gasteiger partial charge >= 0.3 is 0 Å². The van der Waals surface area contributed by atoms with Gasteiger partial charge in [0.05, 0.1) is 0 Å². The van der Waals surface area contributed by atoms with Gasteiger partial charge in [0.15, 0.2) is 0 Å². The van der Waals surface area contributed by atoms with Crippen molar-refractivity contribution in [3.8, 4) is 0 Å². The van der Waals surface area contributed by atoms with E-state index in [1.54, 1.807) is 7.11 Å². The second-order valence-electron chi connectivity index (χ2n) is 5.26. The Morgan fingerprint density at radius 3 is 2.20 bits per heavy atom. The van der Waals surface area contributed by atoms with E-state index in [-0.39, 0.29) is 37.3 Å². The Kier molecular flexibility index (Phi) is 9.76. The molecule has 20 heavy (non-hydrogen) atoms. The molecule has 2 rings (SSSR count). The number of carbonyl (C=O) groups is 1. The van der Waals surface area contributed by atoms with Crippen molar-refractivity contribution in [3.05, 3.63) is 0 Å². The third-order valence-corrected chi connectivity index (χ3v) is 4.24. The van der Waals surface area contributed by atoms with Gasteiger partial charge in [-0.2, -0.15) is 0 Å². The van der Waals surface area contributed by atoms with Gasteiger partial charge in [-0.15, -0.1) is 24.8 Å². The normalized spacial score (nSPS) is 22.0. The molecule has 0 bridgehead atoms. The summed E-state index contributed by atoms with van der Waals surface area (Å²) in [5.41, 5.74) is 5.53. The highest BCUT2D eigenvalue weighted by Gasteiger charge is 2.30. The third kappa shape index (κ3) is 4.74. The molecule has 1 saturated heterocycles.